The maximum atomic E-state index is 4.62. The Balaban J connectivity index is 1.50. The van der Waals surface area contributed by atoms with Crippen LogP contribution in [0.5, 0.6) is 0 Å². The van der Waals surface area contributed by atoms with Crippen LogP contribution in [0, 0.1) is 17.8 Å². The lowest BCUT2D eigenvalue weighted by molar-refractivity contribution is 0.304. The van der Waals surface area contributed by atoms with Gasteiger partial charge in [0.2, 0.25) is 0 Å². The Kier molecular flexibility index (Phi) is 3.74. The SMILES string of the molecule is C[C@@H](Nc1ncnc2scc(-c3ccccc3)c12)[C@H]1C[C@H]2CC[C@H]1C2. The molecule has 0 spiro atoms. The zero-order valence-electron chi connectivity index (χ0n) is 14.5. The summed E-state index contributed by atoms with van der Waals surface area (Å²) in [5, 5.41) is 7.15. The number of fused-ring (bicyclic) bond motifs is 3. The van der Waals surface area contributed by atoms with Crippen molar-refractivity contribution in [3.8, 4) is 11.1 Å². The smallest absolute Gasteiger partial charge is 0.139 e. The van der Waals surface area contributed by atoms with Gasteiger partial charge in [0.15, 0.2) is 0 Å². The van der Waals surface area contributed by atoms with Crippen molar-refractivity contribution in [3.63, 3.8) is 0 Å². The minimum atomic E-state index is 0.469. The topological polar surface area (TPSA) is 37.8 Å². The van der Waals surface area contributed by atoms with Crippen LogP contribution >= 0.6 is 11.3 Å². The van der Waals surface area contributed by atoms with Gasteiger partial charge in [0, 0.05) is 17.0 Å². The summed E-state index contributed by atoms with van der Waals surface area (Å²) in [6.45, 7) is 2.34. The highest BCUT2D eigenvalue weighted by Gasteiger charge is 2.41. The summed E-state index contributed by atoms with van der Waals surface area (Å²) in [5.41, 5.74) is 2.48. The highest BCUT2D eigenvalue weighted by atomic mass is 32.1. The van der Waals surface area contributed by atoms with Crippen LogP contribution in [0.15, 0.2) is 42.0 Å². The van der Waals surface area contributed by atoms with E-state index in [-0.39, 0.29) is 0 Å². The van der Waals surface area contributed by atoms with E-state index >= 15 is 0 Å². The second kappa shape index (κ2) is 6.10. The van der Waals surface area contributed by atoms with Crippen LogP contribution in [-0.2, 0) is 0 Å². The van der Waals surface area contributed by atoms with Crippen molar-refractivity contribution in [3.05, 3.63) is 42.0 Å². The van der Waals surface area contributed by atoms with E-state index in [2.05, 4.69) is 57.9 Å². The summed E-state index contributed by atoms with van der Waals surface area (Å²) in [5.74, 6) is 3.69. The Morgan fingerprint density at radius 2 is 2.00 bits per heavy atom. The molecule has 0 radical (unpaired) electrons. The average molecular weight is 350 g/mol. The van der Waals surface area contributed by atoms with Gasteiger partial charge in [0.1, 0.15) is 17.0 Å². The fraction of sp³-hybridized carbons (Fsp3) is 0.429. The Labute approximate surface area is 152 Å². The van der Waals surface area contributed by atoms with E-state index in [0.29, 0.717) is 6.04 Å². The number of rotatable bonds is 4. The summed E-state index contributed by atoms with van der Waals surface area (Å²) in [6, 6.07) is 11.0. The van der Waals surface area contributed by atoms with E-state index in [0.717, 1.165) is 28.4 Å². The Bertz CT molecular complexity index is 889. The van der Waals surface area contributed by atoms with Crippen LogP contribution in [0.4, 0.5) is 5.82 Å². The Hall–Kier alpha value is -1.94. The third-order valence-corrected chi connectivity index (χ3v) is 7.14. The first-order valence-corrected chi connectivity index (χ1v) is 10.2. The summed E-state index contributed by atoms with van der Waals surface area (Å²) in [6.07, 6.45) is 7.41. The summed E-state index contributed by atoms with van der Waals surface area (Å²) in [7, 11) is 0. The normalized spacial score (nSPS) is 26.2. The van der Waals surface area contributed by atoms with Crippen molar-refractivity contribution in [1.82, 2.24) is 9.97 Å². The highest BCUT2D eigenvalue weighted by Crippen LogP contribution is 2.50. The van der Waals surface area contributed by atoms with Crippen molar-refractivity contribution < 1.29 is 0 Å². The lowest BCUT2D eigenvalue weighted by Gasteiger charge is -2.29. The van der Waals surface area contributed by atoms with Gasteiger partial charge < -0.3 is 5.32 Å². The van der Waals surface area contributed by atoms with Crippen LogP contribution < -0.4 is 5.32 Å². The number of hydrogen-bond acceptors (Lipinski definition) is 4. The van der Waals surface area contributed by atoms with Crippen molar-refractivity contribution in [1.29, 1.82) is 0 Å². The number of aromatic nitrogens is 2. The molecule has 0 amide bonds. The van der Waals surface area contributed by atoms with Crippen LogP contribution in [-0.4, -0.2) is 16.0 Å². The first kappa shape index (κ1) is 15.3. The molecule has 25 heavy (non-hydrogen) atoms. The van der Waals surface area contributed by atoms with Crippen LogP contribution in [0.2, 0.25) is 0 Å². The van der Waals surface area contributed by atoms with Gasteiger partial charge >= 0.3 is 0 Å². The predicted octanol–water partition coefficient (Wildman–Crippen LogP) is 5.59. The quantitative estimate of drug-likeness (QED) is 0.667. The molecule has 4 heteroatoms. The Morgan fingerprint density at radius 1 is 1.12 bits per heavy atom. The number of nitrogens with zero attached hydrogens (tertiary/aromatic N) is 2. The molecule has 2 heterocycles. The largest absolute Gasteiger partial charge is 0.367 e. The van der Waals surface area contributed by atoms with Gasteiger partial charge in [-0.3, -0.25) is 0 Å². The monoisotopic (exact) mass is 349 g/mol. The minimum absolute atomic E-state index is 0.469. The van der Waals surface area contributed by atoms with Gasteiger partial charge in [-0.1, -0.05) is 36.8 Å². The average Bonchev–Trinajstić information content (AvgIpc) is 3.38. The summed E-state index contributed by atoms with van der Waals surface area (Å²) < 4.78 is 0. The number of nitrogens with one attached hydrogen (secondary N) is 1. The maximum absolute atomic E-state index is 4.62. The van der Waals surface area contributed by atoms with Crippen LogP contribution in [0.3, 0.4) is 0 Å². The molecule has 0 aliphatic heterocycles. The van der Waals surface area contributed by atoms with Gasteiger partial charge in [-0.2, -0.15) is 0 Å². The molecule has 0 saturated heterocycles. The Morgan fingerprint density at radius 3 is 2.76 bits per heavy atom. The van der Waals surface area contributed by atoms with Crippen molar-refractivity contribution >= 4 is 27.4 Å². The fourth-order valence-corrected chi connectivity index (χ4v) is 5.96. The van der Waals surface area contributed by atoms with Crippen molar-refractivity contribution in [2.75, 3.05) is 5.32 Å². The molecule has 1 aromatic carbocycles. The molecular weight excluding hydrogens is 326 g/mol. The molecule has 0 unspecified atom stereocenters. The number of hydrogen-bond donors (Lipinski definition) is 1. The molecule has 2 aliphatic carbocycles. The van der Waals surface area contributed by atoms with E-state index in [1.54, 1.807) is 17.7 Å². The third-order valence-electron chi connectivity index (χ3n) is 6.25. The van der Waals surface area contributed by atoms with Gasteiger partial charge in [0.25, 0.3) is 0 Å². The van der Waals surface area contributed by atoms with E-state index in [1.807, 2.05) is 0 Å². The molecule has 2 fully saturated rings. The van der Waals surface area contributed by atoms with E-state index in [4.69, 9.17) is 0 Å². The van der Waals surface area contributed by atoms with Crippen LogP contribution in [0.1, 0.15) is 32.6 Å². The van der Waals surface area contributed by atoms with Gasteiger partial charge in [-0.15, -0.1) is 11.3 Å². The molecular formula is C21H23N3S. The second-order valence-corrected chi connectivity index (χ2v) is 8.55. The van der Waals surface area contributed by atoms with Crippen molar-refractivity contribution in [2.24, 2.45) is 17.8 Å². The minimum Gasteiger partial charge on any atom is -0.367 e. The molecule has 3 aromatic rings. The number of benzene rings is 1. The molecule has 2 aliphatic rings. The molecule has 128 valence electrons. The number of anilines is 1. The molecule has 1 N–H and O–H groups in total. The zero-order valence-corrected chi connectivity index (χ0v) is 15.3. The van der Waals surface area contributed by atoms with Gasteiger partial charge in [0.05, 0.1) is 5.39 Å². The first-order valence-electron chi connectivity index (χ1n) is 9.33. The molecule has 4 atom stereocenters. The first-order chi connectivity index (χ1) is 12.3. The lowest BCUT2D eigenvalue weighted by Crippen LogP contribution is -2.30. The number of thiophene rings is 1. The van der Waals surface area contributed by atoms with E-state index in [1.165, 1.54) is 42.2 Å². The van der Waals surface area contributed by atoms with Gasteiger partial charge in [-0.25, -0.2) is 9.97 Å². The van der Waals surface area contributed by atoms with Crippen molar-refractivity contribution in [2.45, 2.75) is 38.6 Å². The molecule has 3 nitrogen and oxygen atoms in total. The molecule has 5 rings (SSSR count). The maximum Gasteiger partial charge on any atom is 0.139 e. The summed E-state index contributed by atoms with van der Waals surface area (Å²) in [4.78, 5) is 10.2. The van der Waals surface area contributed by atoms with E-state index in [9.17, 15) is 0 Å². The standard InChI is InChI=1S/C21H23N3S/c1-13(17-10-14-7-8-16(17)9-14)24-20-19-18(15-5-3-2-4-6-15)11-25-21(19)23-12-22-20/h2-6,11-14,16-17H,7-10H2,1H3,(H,22,23,24)/t13-,14+,16+,17-/m1/s1. The van der Waals surface area contributed by atoms with E-state index < -0.39 is 0 Å². The highest BCUT2D eigenvalue weighted by molar-refractivity contribution is 7.17. The molecule has 2 aromatic heterocycles. The molecule has 2 bridgehead atoms. The zero-order chi connectivity index (χ0) is 16.8. The third kappa shape index (κ3) is 2.63. The lowest BCUT2D eigenvalue weighted by atomic mass is 9.84. The fourth-order valence-electron chi connectivity index (χ4n) is 5.04. The second-order valence-electron chi connectivity index (χ2n) is 7.69. The summed E-state index contributed by atoms with van der Waals surface area (Å²) >= 11 is 1.70. The van der Waals surface area contributed by atoms with Gasteiger partial charge in [-0.05, 0) is 49.5 Å². The predicted molar refractivity (Wildman–Crippen MR) is 105 cm³/mol. The molecule has 2 saturated carbocycles. The van der Waals surface area contributed by atoms with Crippen LogP contribution in [0.25, 0.3) is 21.3 Å².